The number of fused-ring (bicyclic) bond motifs is 3. The van der Waals surface area contributed by atoms with Crippen LogP contribution in [-0.4, -0.2) is 20.8 Å². The number of nitrogens with zero attached hydrogens (tertiary/aromatic N) is 2. The van der Waals surface area contributed by atoms with Gasteiger partial charge in [-0.2, -0.15) is 0 Å². The van der Waals surface area contributed by atoms with Gasteiger partial charge in [-0.25, -0.2) is 4.98 Å². The second kappa shape index (κ2) is 6.97. The Labute approximate surface area is 160 Å². The highest BCUT2D eigenvalue weighted by Gasteiger charge is 2.33. The van der Waals surface area contributed by atoms with Gasteiger partial charge in [0, 0.05) is 5.56 Å². The lowest BCUT2D eigenvalue weighted by Crippen LogP contribution is -2.27. The number of aliphatic hydroxyl groups excluding tert-OH is 1. The predicted octanol–water partition coefficient (Wildman–Crippen LogP) is 5.18. The van der Waals surface area contributed by atoms with Crippen LogP contribution in [0.3, 0.4) is 0 Å². The molecule has 0 bridgehead atoms. The molecular formula is C24H26N2O. The summed E-state index contributed by atoms with van der Waals surface area (Å²) in [5.41, 5.74) is 5.22. The highest BCUT2D eigenvalue weighted by atomic mass is 16.3. The Morgan fingerprint density at radius 3 is 2.52 bits per heavy atom. The lowest BCUT2D eigenvalue weighted by Gasteiger charge is -2.33. The maximum atomic E-state index is 11.0. The Hall–Kier alpha value is -2.39. The largest absolute Gasteiger partial charge is 0.393 e. The molecule has 1 aliphatic carbocycles. The number of hydrogen-bond donors (Lipinski definition) is 1. The van der Waals surface area contributed by atoms with E-state index in [0.29, 0.717) is 11.8 Å². The van der Waals surface area contributed by atoms with Crippen molar-refractivity contribution < 1.29 is 5.11 Å². The number of imidazole rings is 1. The van der Waals surface area contributed by atoms with Gasteiger partial charge in [0.25, 0.3) is 0 Å². The van der Waals surface area contributed by atoms with E-state index in [2.05, 4.69) is 64.1 Å². The molecule has 1 aromatic heterocycles. The quantitative estimate of drug-likeness (QED) is 0.698. The Kier molecular flexibility index (Phi) is 4.33. The third kappa shape index (κ3) is 3.00. The lowest BCUT2D eigenvalue weighted by atomic mass is 9.75. The third-order valence-electron chi connectivity index (χ3n) is 6.65. The fourth-order valence-electron chi connectivity index (χ4n) is 5.16. The van der Waals surface area contributed by atoms with Crippen molar-refractivity contribution >= 4 is 0 Å². The van der Waals surface area contributed by atoms with Crippen molar-refractivity contribution in [3.8, 4) is 11.3 Å². The number of rotatable bonds is 4. The molecule has 3 heteroatoms. The number of benzene rings is 2. The molecule has 138 valence electrons. The first-order valence-electron chi connectivity index (χ1n) is 10.2. The van der Waals surface area contributed by atoms with E-state index in [0.717, 1.165) is 19.3 Å². The Morgan fingerprint density at radius 2 is 1.70 bits per heavy atom. The average Bonchev–Trinajstić information content (AvgIpc) is 3.32. The number of aromatic nitrogens is 2. The van der Waals surface area contributed by atoms with E-state index in [-0.39, 0.29) is 12.1 Å². The molecule has 3 aromatic rings. The summed E-state index contributed by atoms with van der Waals surface area (Å²) < 4.78 is 2.24. The van der Waals surface area contributed by atoms with E-state index < -0.39 is 0 Å². The van der Waals surface area contributed by atoms with E-state index in [1.807, 2.05) is 12.5 Å². The van der Waals surface area contributed by atoms with E-state index in [9.17, 15) is 5.11 Å². The van der Waals surface area contributed by atoms with Gasteiger partial charge in [-0.3, -0.25) is 0 Å². The van der Waals surface area contributed by atoms with Crippen molar-refractivity contribution in [3.63, 3.8) is 0 Å². The molecule has 1 saturated carbocycles. The van der Waals surface area contributed by atoms with Gasteiger partial charge in [0.1, 0.15) is 0 Å². The van der Waals surface area contributed by atoms with Gasteiger partial charge in [0.05, 0.1) is 30.4 Å². The molecule has 2 aromatic carbocycles. The molecule has 0 radical (unpaired) electrons. The molecule has 1 N–H and O–H groups in total. The summed E-state index contributed by atoms with van der Waals surface area (Å²) in [5, 5.41) is 11.0. The predicted molar refractivity (Wildman–Crippen MR) is 108 cm³/mol. The summed E-state index contributed by atoms with van der Waals surface area (Å²) in [6.45, 7) is 0. The maximum Gasteiger partial charge on any atom is 0.0956 e. The van der Waals surface area contributed by atoms with Crippen LogP contribution in [0.25, 0.3) is 11.3 Å². The molecule has 27 heavy (non-hydrogen) atoms. The molecule has 3 nitrogen and oxygen atoms in total. The summed E-state index contributed by atoms with van der Waals surface area (Å²) in [6.07, 6.45) is 8.98. The Morgan fingerprint density at radius 1 is 0.963 bits per heavy atom. The van der Waals surface area contributed by atoms with Crippen LogP contribution < -0.4 is 0 Å². The van der Waals surface area contributed by atoms with Gasteiger partial charge in [-0.1, -0.05) is 54.6 Å². The van der Waals surface area contributed by atoms with E-state index in [1.54, 1.807) is 0 Å². The summed E-state index contributed by atoms with van der Waals surface area (Å²) in [6, 6.07) is 19.6. The van der Waals surface area contributed by atoms with Crippen LogP contribution in [0.2, 0.25) is 0 Å². The van der Waals surface area contributed by atoms with Crippen LogP contribution in [0.5, 0.6) is 0 Å². The summed E-state index contributed by atoms with van der Waals surface area (Å²) in [5.74, 6) is 1.06. The maximum absolute atomic E-state index is 11.0. The number of hydrogen-bond acceptors (Lipinski definition) is 2. The first kappa shape index (κ1) is 16.8. The minimum absolute atomic E-state index is 0.209. The van der Waals surface area contributed by atoms with Gasteiger partial charge in [0.2, 0.25) is 0 Å². The van der Waals surface area contributed by atoms with Gasteiger partial charge in [0.15, 0.2) is 0 Å². The molecule has 1 aliphatic heterocycles. The van der Waals surface area contributed by atoms with Crippen LogP contribution in [0.15, 0.2) is 67.1 Å². The molecule has 2 heterocycles. The van der Waals surface area contributed by atoms with Crippen molar-refractivity contribution in [1.82, 2.24) is 9.55 Å². The molecule has 1 fully saturated rings. The second-order valence-electron chi connectivity index (χ2n) is 8.11. The fourth-order valence-corrected chi connectivity index (χ4v) is 5.16. The van der Waals surface area contributed by atoms with Crippen LogP contribution >= 0.6 is 0 Å². The molecule has 5 rings (SSSR count). The summed E-state index contributed by atoms with van der Waals surface area (Å²) >= 11 is 0. The molecule has 0 spiro atoms. The van der Waals surface area contributed by atoms with E-state index in [4.69, 9.17) is 0 Å². The summed E-state index contributed by atoms with van der Waals surface area (Å²) in [4.78, 5) is 4.34. The molecule has 2 aliphatic rings. The van der Waals surface area contributed by atoms with Crippen molar-refractivity contribution in [2.45, 2.75) is 50.2 Å². The molecule has 0 amide bonds. The Balaban J connectivity index is 1.28. The molecular weight excluding hydrogens is 332 g/mol. The molecule has 0 saturated heterocycles. The minimum Gasteiger partial charge on any atom is -0.393 e. The SMILES string of the molecule is OC(CC1c2ccccc2-c2cncn21)[C@H]1CC[C@@H](c2ccccc2)CC1. The minimum atomic E-state index is -0.256. The molecule has 2 unspecified atom stereocenters. The van der Waals surface area contributed by atoms with E-state index >= 15 is 0 Å². The van der Waals surface area contributed by atoms with Gasteiger partial charge in [-0.05, 0) is 55.1 Å². The zero-order chi connectivity index (χ0) is 18.2. The second-order valence-corrected chi connectivity index (χ2v) is 8.11. The van der Waals surface area contributed by atoms with Crippen molar-refractivity contribution in [1.29, 1.82) is 0 Å². The zero-order valence-corrected chi connectivity index (χ0v) is 15.5. The number of aliphatic hydroxyl groups is 1. The fraction of sp³-hybridized carbons (Fsp3) is 0.375. The third-order valence-corrected chi connectivity index (χ3v) is 6.65. The highest BCUT2D eigenvalue weighted by molar-refractivity contribution is 5.68. The standard InChI is InChI=1S/C24H26N2O/c27-24(19-12-10-18(11-13-19)17-6-2-1-3-7-17)14-22-20-8-4-5-9-21(20)23-15-25-16-26(22)23/h1-9,15-16,18-19,22,24,27H,10-14H2/t18-,19+,22?,24?. The molecule has 2 atom stereocenters. The van der Waals surface area contributed by atoms with Crippen LogP contribution in [0, 0.1) is 5.92 Å². The smallest absolute Gasteiger partial charge is 0.0956 e. The van der Waals surface area contributed by atoms with Crippen LogP contribution in [-0.2, 0) is 0 Å². The van der Waals surface area contributed by atoms with Crippen molar-refractivity contribution in [2.24, 2.45) is 5.92 Å². The zero-order valence-electron chi connectivity index (χ0n) is 15.5. The van der Waals surface area contributed by atoms with Crippen LogP contribution in [0.1, 0.15) is 55.2 Å². The van der Waals surface area contributed by atoms with E-state index in [1.165, 1.54) is 35.2 Å². The topological polar surface area (TPSA) is 38.1 Å². The summed E-state index contributed by atoms with van der Waals surface area (Å²) in [7, 11) is 0. The first-order chi connectivity index (χ1) is 13.3. The van der Waals surface area contributed by atoms with Crippen molar-refractivity contribution in [3.05, 3.63) is 78.2 Å². The first-order valence-corrected chi connectivity index (χ1v) is 10.2. The monoisotopic (exact) mass is 358 g/mol. The lowest BCUT2D eigenvalue weighted by molar-refractivity contribution is 0.0653. The van der Waals surface area contributed by atoms with Gasteiger partial charge < -0.3 is 9.67 Å². The normalized spacial score (nSPS) is 25.0. The van der Waals surface area contributed by atoms with Gasteiger partial charge >= 0.3 is 0 Å². The highest BCUT2D eigenvalue weighted by Crippen LogP contribution is 2.44. The van der Waals surface area contributed by atoms with Crippen molar-refractivity contribution in [2.75, 3.05) is 0 Å². The van der Waals surface area contributed by atoms with Gasteiger partial charge in [-0.15, -0.1) is 0 Å². The van der Waals surface area contributed by atoms with Crippen LogP contribution in [0.4, 0.5) is 0 Å². The average molecular weight is 358 g/mol. The Bertz CT molecular complexity index is 909.